The third-order valence-electron chi connectivity index (χ3n) is 3.07. The van der Waals surface area contributed by atoms with E-state index in [1.807, 2.05) is 0 Å². The van der Waals surface area contributed by atoms with Crippen molar-refractivity contribution < 1.29 is 8.42 Å². The van der Waals surface area contributed by atoms with Crippen molar-refractivity contribution in [3.05, 3.63) is 0 Å². The molecule has 0 radical (unpaired) electrons. The summed E-state index contributed by atoms with van der Waals surface area (Å²) in [5.41, 5.74) is 5.46. The van der Waals surface area contributed by atoms with Gasteiger partial charge >= 0.3 is 0 Å². The van der Waals surface area contributed by atoms with Crippen molar-refractivity contribution in [2.24, 2.45) is 5.73 Å². The highest BCUT2D eigenvalue weighted by Gasteiger charge is 2.32. The van der Waals surface area contributed by atoms with Crippen molar-refractivity contribution in [1.29, 1.82) is 0 Å². The van der Waals surface area contributed by atoms with Gasteiger partial charge in [0.25, 0.3) is 10.2 Å². The van der Waals surface area contributed by atoms with Gasteiger partial charge < -0.3 is 5.73 Å². The highest BCUT2D eigenvalue weighted by Crippen LogP contribution is 2.26. The summed E-state index contributed by atoms with van der Waals surface area (Å²) in [5, 5.41) is 0. The first kappa shape index (κ1) is 13.9. The fourth-order valence-corrected chi connectivity index (χ4v) is 3.50. The molecule has 1 rings (SSSR count). The second-order valence-corrected chi connectivity index (χ2v) is 6.58. The highest BCUT2D eigenvalue weighted by atomic mass is 32.2. The summed E-state index contributed by atoms with van der Waals surface area (Å²) >= 11 is 0. The predicted molar refractivity (Wildman–Crippen MR) is 65.2 cm³/mol. The molecule has 96 valence electrons. The summed E-state index contributed by atoms with van der Waals surface area (Å²) < 4.78 is 27.2. The molecule has 0 aromatic heterocycles. The van der Waals surface area contributed by atoms with Gasteiger partial charge in [-0.05, 0) is 25.8 Å². The van der Waals surface area contributed by atoms with Crippen LogP contribution in [-0.4, -0.2) is 50.3 Å². The second-order valence-electron chi connectivity index (χ2n) is 4.48. The average Bonchev–Trinajstić information content (AvgIpc) is 2.71. The molecule has 6 heteroatoms. The first-order valence-electron chi connectivity index (χ1n) is 5.89. The second kappa shape index (κ2) is 5.95. The van der Waals surface area contributed by atoms with Crippen LogP contribution in [0.25, 0.3) is 0 Å². The smallest absolute Gasteiger partial charge is 0.281 e. The Morgan fingerprint density at radius 1 is 1.25 bits per heavy atom. The van der Waals surface area contributed by atoms with Crippen molar-refractivity contribution in [2.75, 3.05) is 27.2 Å². The molecule has 0 heterocycles. The van der Waals surface area contributed by atoms with Crippen LogP contribution >= 0.6 is 0 Å². The van der Waals surface area contributed by atoms with Crippen LogP contribution in [0.1, 0.15) is 32.1 Å². The van der Waals surface area contributed by atoms with Crippen LogP contribution < -0.4 is 5.73 Å². The first-order chi connectivity index (χ1) is 7.50. The molecular formula is C10H23N3O2S. The summed E-state index contributed by atoms with van der Waals surface area (Å²) in [5.74, 6) is 0. The van der Waals surface area contributed by atoms with Gasteiger partial charge in [0.1, 0.15) is 0 Å². The third kappa shape index (κ3) is 3.16. The molecule has 1 saturated carbocycles. The molecule has 0 spiro atoms. The lowest BCUT2D eigenvalue weighted by Gasteiger charge is -2.30. The van der Waals surface area contributed by atoms with E-state index < -0.39 is 10.2 Å². The molecule has 0 aromatic rings. The summed E-state index contributed by atoms with van der Waals surface area (Å²) in [7, 11) is -0.117. The zero-order valence-electron chi connectivity index (χ0n) is 10.2. The summed E-state index contributed by atoms with van der Waals surface area (Å²) in [6.45, 7) is 1.08. The fraction of sp³-hybridized carbons (Fsp3) is 1.00. The number of hydrogen-bond donors (Lipinski definition) is 1. The Bertz CT molecular complexity index is 297. The van der Waals surface area contributed by atoms with E-state index in [-0.39, 0.29) is 6.04 Å². The van der Waals surface area contributed by atoms with Crippen LogP contribution in [0.5, 0.6) is 0 Å². The van der Waals surface area contributed by atoms with Crippen molar-refractivity contribution >= 4 is 10.2 Å². The maximum absolute atomic E-state index is 12.1. The minimum atomic E-state index is -3.28. The van der Waals surface area contributed by atoms with E-state index in [1.165, 1.54) is 4.31 Å². The molecule has 1 aliphatic rings. The van der Waals surface area contributed by atoms with Crippen LogP contribution in [0.15, 0.2) is 0 Å². The maximum atomic E-state index is 12.1. The molecule has 0 unspecified atom stereocenters. The van der Waals surface area contributed by atoms with Crippen LogP contribution in [0.2, 0.25) is 0 Å². The normalized spacial score (nSPS) is 18.8. The van der Waals surface area contributed by atoms with Gasteiger partial charge in [0.05, 0.1) is 0 Å². The Labute approximate surface area is 98.8 Å². The molecular weight excluding hydrogens is 226 g/mol. The number of nitrogens with two attached hydrogens (primary N) is 1. The Kier molecular flexibility index (Phi) is 5.17. The van der Waals surface area contributed by atoms with E-state index in [0.29, 0.717) is 13.1 Å². The van der Waals surface area contributed by atoms with Crippen molar-refractivity contribution in [1.82, 2.24) is 8.61 Å². The Morgan fingerprint density at radius 2 is 1.81 bits per heavy atom. The van der Waals surface area contributed by atoms with Gasteiger partial charge in [-0.2, -0.15) is 17.0 Å². The van der Waals surface area contributed by atoms with Crippen molar-refractivity contribution in [3.63, 3.8) is 0 Å². The fourth-order valence-electron chi connectivity index (χ4n) is 2.14. The van der Waals surface area contributed by atoms with Gasteiger partial charge in [-0.3, -0.25) is 0 Å². The Hall–Kier alpha value is -0.170. The van der Waals surface area contributed by atoms with Gasteiger partial charge in [0, 0.05) is 26.7 Å². The van der Waals surface area contributed by atoms with Gasteiger partial charge in [0.15, 0.2) is 0 Å². The van der Waals surface area contributed by atoms with E-state index in [9.17, 15) is 8.42 Å². The number of nitrogens with zero attached hydrogens (tertiary/aromatic N) is 2. The van der Waals surface area contributed by atoms with Gasteiger partial charge in [-0.1, -0.05) is 12.8 Å². The van der Waals surface area contributed by atoms with Crippen LogP contribution in [0, 0.1) is 0 Å². The molecule has 1 aliphatic carbocycles. The summed E-state index contributed by atoms with van der Waals surface area (Å²) in [4.78, 5) is 0. The molecule has 0 amide bonds. The standard InChI is InChI=1S/C10H23N3O2S/c1-12(2)16(14,15)13(9-5-8-11)10-6-3-4-7-10/h10H,3-9,11H2,1-2H3. The molecule has 2 N–H and O–H groups in total. The maximum Gasteiger partial charge on any atom is 0.281 e. The van der Waals surface area contributed by atoms with Crippen molar-refractivity contribution in [2.45, 2.75) is 38.1 Å². The van der Waals surface area contributed by atoms with Crippen molar-refractivity contribution in [3.8, 4) is 0 Å². The average molecular weight is 249 g/mol. The lowest BCUT2D eigenvalue weighted by atomic mass is 10.2. The van der Waals surface area contributed by atoms with E-state index in [2.05, 4.69) is 0 Å². The molecule has 0 aromatic carbocycles. The summed E-state index contributed by atoms with van der Waals surface area (Å²) in [6, 6.07) is 0.180. The van der Waals surface area contributed by atoms with E-state index in [0.717, 1.165) is 32.1 Å². The first-order valence-corrected chi connectivity index (χ1v) is 7.29. The largest absolute Gasteiger partial charge is 0.330 e. The predicted octanol–water partition coefficient (Wildman–Crippen LogP) is 0.386. The van der Waals surface area contributed by atoms with Crippen LogP contribution in [-0.2, 0) is 10.2 Å². The van der Waals surface area contributed by atoms with Crippen LogP contribution in [0.3, 0.4) is 0 Å². The number of hydrogen-bond acceptors (Lipinski definition) is 3. The molecule has 0 bridgehead atoms. The number of rotatable bonds is 6. The monoisotopic (exact) mass is 249 g/mol. The SMILES string of the molecule is CN(C)S(=O)(=O)N(CCCN)C1CCCC1. The van der Waals surface area contributed by atoms with Crippen LogP contribution in [0.4, 0.5) is 0 Å². The summed E-state index contributed by atoms with van der Waals surface area (Å²) in [6.07, 6.45) is 4.96. The van der Waals surface area contributed by atoms with E-state index in [4.69, 9.17) is 5.73 Å². The minimum Gasteiger partial charge on any atom is -0.330 e. The molecule has 0 saturated heterocycles. The van der Waals surface area contributed by atoms with E-state index >= 15 is 0 Å². The highest BCUT2D eigenvalue weighted by molar-refractivity contribution is 7.86. The minimum absolute atomic E-state index is 0.180. The van der Waals surface area contributed by atoms with E-state index in [1.54, 1.807) is 18.4 Å². The molecule has 16 heavy (non-hydrogen) atoms. The Morgan fingerprint density at radius 3 is 2.25 bits per heavy atom. The zero-order chi connectivity index (χ0) is 12.2. The lowest BCUT2D eigenvalue weighted by Crippen LogP contribution is -2.46. The molecule has 0 aliphatic heterocycles. The van der Waals surface area contributed by atoms with Gasteiger partial charge in [-0.25, -0.2) is 0 Å². The quantitative estimate of drug-likeness (QED) is 0.740. The molecule has 0 atom stereocenters. The zero-order valence-corrected chi connectivity index (χ0v) is 11.0. The topological polar surface area (TPSA) is 66.6 Å². The molecule has 5 nitrogen and oxygen atoms in total. The Balaban J connectivity index is 2.77. The lowest BCUT2D eigenvalue weighted by molar-refractivity contribution is 0.300. The third-order valence-corrected chi connectivity index (χ3v) is 5.07. The van der Waals surface area contributed by atoms with Gasteiger partial charge in [-0.15, -0.1) is 0 Å². The van der Waals surface area contributed by atoms with Gasteiger partial charge in [0.2, 0.25) is 0 Å². The molecule has 1 fully saturated rings.